The molecule has 0 radical (unpaired) electrons. The summed E-state index contributed by atoms with van der Waals surface area (Å²) in [6.45, 7) is 7.82. The maximum absolute atomic E-state index is 11.9. The minimum absolute atomic E-state index is 0.0262. The fourth-order valence-electron chi connectivity index (χ4n) is 2.05. The predicted octanol–water partition coefficient (Wildman–Crippen LogP) is 1.59. The van der Waals surface area contributed by atoms with E-state index < -0.39 is 0 Å². The molecule has 0 aliphatic rings. The van der Waals surface area contributed by atoms with Crippen molar-refractivity contribution in [2.24, 2.45) is 0 Å². The summed E-state index contributed by atoms with van der Waals surface area (Å²) in [5.74, 6) is -0.00901. The summed E-state index contributed by atoms with van der Waals surface area (Å²) >= 11 is 0. The van der Waals surface area contributed by atoms with Crippen molar-refractivity contribution in [3.8, 4) is 11.4 Å². The fourth-order valence-corrected chi connectivity index (χ4v) is 2.05. The van der Waals surface area contributed by atoms with Crippen LogP contribution in [0.3, 0.4) is 0 Å². The van der Waals surface area contributed by atoms with Gasteiger partial charge in [-0.25, -0.2) is 0 Å². The summed E-state index contributed by atoms with van der Waals surface area (Å²) in [5.41, 5.74) is 0.715. The molecule has 0 spiro atoms. The second kappa shape index (κ2) is 8.23. The van der Waals surface area contributed by atoms with Crippen LogP contribution in [0.15, 0.2) is 29.0 Å². The van der Waals surface area contributed by atoms with Gasteiger partial charge in [-0.3, -0.25) is 9.78 Å². The first-order valence-corrected chi connectivity index (χ1v) is 7.49. The molecule has 0 saturated carbocycles. The first-order chi connectivity index (χ1) is 10.7. The van der Waals surface area contributed by atoms with E-state index in [0.29, 0.717) is 17.9 Å². The zero-order valence-corrected chi connectivity index (χ0v) is 13.0. The third-order valence-electron chi connectivity index (χ3n) is 3.37. The van der Waals surface area contributed by atoms with Gasteiger partial charge in [0.25, 0.3) is 0 Å². The number of nitrogens with one attached hydrogen (secondary N) is 1. The Hall–Kier alpha value is -2.28. The molecule has 0 aromatic carbocycles. The Balaban J connectivity index is 1.82. The highest BCUT2D eigenvalue weighted by atomic mass is 16.5. The lowest BCUT2D eigenvalue weighted by Gasteiger charge is -2.17. The largest absolute Gasteiger partial charge is 0.348 e. The second-order valence-corrected chi connectivity index (χ2v) is 4.80. The first kappa shape index (κ1) is 16.1. The lowest BCUT2D eigenvalue weighted by molar-refractivity contribution is 0.0908. The highest BCUT2D eigenvalue weighted by Crippen LogP contribution is 2.13. The van der Waals surface area contributed by atoms with Crippen molar-refractivity contribution in [3.63, 3.8) is 0 Å². The summed E-state index contributed by atoms with van der Waals surface area (Å²) in [4.78, 5) is 22.3. The number of aromatic nitrogens is 3. The number of hydrogen-bond acceptors (Lipinski definition) is 6. The number of nitrogens with zero attached hydrogens (tertiary/aromatic N) is 4. The van der Waals surface area contributed by atoms with Gasteiger partial charge in [0.1, 0.15) is 0 Å². The SMILES string of the molecule is CCN(CC)CCCNC(=O)c1nc(-c2cccnc2)no1. The molecule has 2 aromatic heterocycles. The van der Waals surface area contributed by atoms with Crippen LogP contribution in [0.25, 0.3) is 11.4 Å². The molecular weight excluding hydrogens is 282 g/mol. The number of amides is 1. The van der Waals surface area contributed by atoms with Crippen LogP contribution < -0.4 is 5.32 Å². The van der Waals surface area contributed by atoms with E-state index in [-0.39, 0.29) is 11.8 Å². The quantitative estimate of drug-likeness (QED) is 0.746. The smallest absolute Gasteiger partial charge is 0.316 e. The summed E-state index contributed by atoms with van der Waals surface area (Å²) in [7, 11) is 0. The Morgan fingerprint density at radius 3 is 2.86 bits per heavy atom. The molecule has 7 heteroatoms. The average Bonchev–Trinajstić information content (AvgIpc) is 3.06. The van der Waals surface area contributed by atoms with Gasteiger partial charge in [0, 0.05) is 24.5 Å². The van der Waals surface area contributed by atoms with Crippen molar-refractivity contribution in [2.45, 2.75) is 20.3 Å². The third-order valence-corrected chi connectivity index (χ3v) is 3.37. The lowest BCUT2D eigenvalue weighted by atomic mass is 10.3. The van der Waals surface area contributed by atoms with Crippen LogP contribution in [0.4, 0.5) is 0 Å². The Kier molecular flexibility index (Phi) is 6.02. The molecule has 2 rings (SSSR count). The lowest BCUT2D eigenvalue weighted by Crippen LogP contribution is -2.30. The maximum Gasteiger partial charge on any atom is 0.316 e. The second-order valence-electron chi connectivity index (χ2n) is 4.80. The van der Waals surface area contributed by atoms with Crippen molar-refractivity contribution < 1.29 is 9.32 Å². The van der Waals surface area contributed by atoms with Crippen LogP contribution in [0.2, 0.25) is 0 Å². The maximum atomic E-state index is 11.9. The highest BCUT2D eigenvalue weighted by molar-refractivity contribution is 5.89. The molecular formula is C15H21N5O2. The van der Waals surface area contributed by atoms with Crippen LogP contribution in [0, 0.1) is 0 Å². The highest BCUT2D eigenvalue weighted by Gasteiger charge is 2.15. The van der Waals surface area contributed by atoms with Crippen LogP contribution in [0.5, 0.6) is 0 Å². The standard InChI is InChI=1S/C15H21N5O2/c1-3-20(4-2)10-6-9-17-14(21)15-18-13(19-22-15)12-7-5-8-16-11-12/h5,7-8,11H,3-4,6,9-10H2,1-2H3,(H,17,21). The van der Waals surface area contributed by atoms with Gasteiger partial charge in [0.2, 0.25) is 5.82 Å². The van der Waals surface area contributed by atoms with Gasteiger partial charge < -0.3 is 14.7 Å². The third kappa shape index (κ3) is 4.36. The van der Waals surface area contributed by atoms with E-state index in [4.69, 9.17) is 4.52 Å². The van der Waals surface area contributed by atoms with Gasteiger partial charge in [0.15, 0.2) is 0 Å². The molecule has 0 aliphatic heterocycles. The summed E-state index contributed by atoms with van der Waals surface area (Å²) < 4.78 is 4.99. The predicted molar refractivity (Wildman–Crippen MR) is 82.3 cm³/mol. The number of carbonyl (C=O) groups excluding carboxylic acids is 1. The molecule has 22 heavy (non-hydrogen) atoms. The summed E-state index contributed by atoms with van der Waals surface area (Å²) in [5, 5.41) is 6.59. The van der Waals surface area contributed by atoms with Crippen LogP contribution >= 0.6 is 0 Å². The molecule has 0 aliphatic carbocycles. The monoisotopic (exact) mass is 303 g/mol. The van der Waals surface area contributed by atoms with E-state index in [0.717, 1.165) is 26.1 Å². The van der Waals surface area contributed by atoms with Gasteiger partial charge in [-0.15, -0.1) is 0 Å². The molecule has 1 amide bonds. The topological polar surface area (TPSA) is 84.2 Å². The van der Waals surface area contributed by atoms with Crippen molar-refractivity contribution in [2.75, 3.05) is 26.2 Å². The van der Waals surface area contributed by atoms with Crippen LogP contribution in [-0.4, -0.2) is 52.1 Å². The summed E-state index contributed by atoms with van der Waals surface area (Å²) in [6, 6.07) is 3.59. The molecule has 2 heterocycles. The Morgan fingerprint density at radius 2 is 2.18 bits per heavy atom. The van der Waals surface area contributed by atoms with E-state index >= 15 is 0 Å². The number of hydrogen-bond donors (Lipinski definition) is 1. The Morgan fingerprint density at radius 1 is 1.36 bits per heavy atom. The van der Waals surface area contributed by atoms with Gasteiger partial charge in [-0.2, -0.15) is 4.98 Å². The van der Waals surface area contributed by atoms with Crippen molar-refractivity contribution in [1.82, 2.24) is 25.3 Å². The van der Waals surface area contributed by atoms with Crippen molar-refractivity contribution in [1.29, 1.82) is 0 Å². The molecule has 0 unspecified atom stereocenters. The molecule has 1 N–H and O–H groups in total. The number of carbonyl (C=O) groups is 1. The fraction of sp³-hybridized carbons (Fsp3) is 0.467. The molecule has 0 bridgehead atoms. The van der Waals surface area contributed by atoms with E-state index in [1.807, 2.05) is 6.07 Å². The minimum atomic E-state index is -0.345. The minimum Gasteiger partial charge on any atom is -0.348 e. The molecule has 2 aromatic rings. The normalized spacial score (nSPS) is 10.9. The molecule has 0 fully saturated rings. The zero-order valence-electron chi connectivity index (χ0n) is 13.0. The zero-order chi connectivity index (χ0) is 15.8. The summed E-state index contributed by atoms with van der Waals surface area (Å²) in [6.07, 6.45) is 4.17. The van der Waals surface area contributed by atoms with Crippen molar-refractivity contribution >= 4 is 5.91 Å². The van der Waals surface area contributed by atoms with E-state index in [2.05, 4.69) is 39.2 Å². The average molecular weight is 303 g/mol. The molecule has 0 atom stereocenters. The molecule has 118 valence electrons. The number of pyridine rings is 1. The van der Waals surface area contributed by atoms with Crippen LogP contribution in [-0.2, 0) is 0 Å². The van der Waals surface area contributed by atoms with Crippen LogP contribution in [0.1, 0.15) is 31.0 Å². The van der Waals surface area contributed by atoms with Gasteiger partial charge >= 0.3 is 11.8 Å². The van der Waals surface area contributed by atoms with Gasteiger partial charge in [0.05, 0.1) is 0 Å². The van der Waals surface area contributed by atoms with Crippen molar-refractivity contribution in [3.05, 3.63) is 30.4 Å². The Labute approximate surface area is 129 Å². The van der Waals surface area contributed by atoms with E-state index in [1.54, 1.807) is 18.5 Å². The van der Waals surface area contributed by atoms with E-state index in [9.17, 15) is 4.79 Å². The van der Waals surface area contributed by atoms with Gasteiger partial charge in [-0.1, -0.05) is 19.0 Å². The van der Waals surface area contributed by atoms with E-state index in [1.165, 1.54) is 0 Å². The molecule has 0 saturated heterocycles. The number of rotatable bonds is 8. The Bertz CT molecular complexity index is 581. The molecule has 7 nitrogen and oxygen atoms in total. The first-order valence-electron chi connectivity index (χ1n) is 7.49. The van der Waals surface area contributed by atoms with Gasteiger partial charge in [-0.05, 0) is 38.2 Å².